The van der Waals surface area contributed by atoms with Gasteiger partial charge in [0.15, 0.2) is 0 Å². The van der Waals surface area contributed by atoms with Crippen LogP contribution < -0.4 is 11.1 Å². The molecule has 1 aromatic heterocycles. The van der Waals surface area contributed by atoms with E-state index >= 15 is 0 Å². The van der Waals surface area contributed by atoms with Gasteiger partial charge in [0.2, 0.25) is 5.95 Å². The highest BCUT2D eigenvalue weighted by Crippen LogP contribution is 2.35. The van der Waals surface area contributed by atoms with E-state index in [0.29, 0.717) is 11.3 Å². The van der Waals surface area contributed by atoms with Crippen LogP contribution in [0.25, 0.3) is 11.3 Å². The van der Waals surface area contributed by atoms with E-state index in [-0.39, 0.29) is 22.9 Å². The predicted octanol–water partition coefficient (Wildman–Crippen LogP) is 4.71. The Bertz CT molecular complexity index is 874. The fourth-order valence-corrected chi connectivity index (χ4v) is 2.35. The predicted molar refractivity (Wildman–Crippen MR) is 96.2 cm³/mol. The van der Waals surface area contributed by atoms with Gasteiger partial charge in [0.1, 0.15) is 5.60 Å². The summed E-state index contributed by atoms with van der Waals surface area (Å²) in [6.07, 6.45) is -5.47. The lowest BCUT2D eigenvalue weighted by atomic mass is 10.0. The number of rotatable bonds is 2. The summed E-state index contributed by atoms with van der Waals surface area (Å²) >= 11 is 0. The highest BCUT2D eigenvalue weighted by atomic mass is 19.4. The molecule has 0 aliphatic heterocycles. The second-order valence-corrected chi connectivity index (χ2v) is 7.06. The molecule has 1 amide bonds. The van der Waals surface area contributed by atoms with Crippen molar-refractivity contribution in [1.29, 1.82) is 0 Å². The van der Waals surface area contributed by atoms with E-state index < -0.39 is 23.4 Å². The Morgan fingerprint density at radius 3 is 2.30 bits per heavy atom. The highest BCUT2D eigenvalue weighted by molar-refractivity contribution is 5.86. The SMILES string of the molecule is Cc1nc(N)nc(-c2cc(NC(=O)OC(C)(C)C)cc(C(F)(F)F)c2)c1C. The van der Waals surface area contributed by atoms with Gasteiger partial charge in [-0.05, 0) is 58.4 Å². The number of nitrogens with zero attached hydrogens (tertiary/aromatic N) is 2. The lowest BCUT2D eigenvalue weighted by Crippen LogP contribution is -2.27. The minimum Gasteiger partial charge on any atom is -0.444 e. The Morgan fingerprint density at radius 2 is 1.74 bits per heavy atom. The molecule has 146 valence electrons. The van der Waals surface area contributed by atoms with Gasteiger partial charge in [0, 0.05) is 16.9 Å². The third-order valence-electron chi connectivity index (χ3n) is 3.59. The van der Waals surface area contributed by atoms with Gasteiger partial charge in [-0.2, -0.15) is 13.2 Å². The summed E-state index contributed by atoms with van der Waals surface area (Å²) in [5, 5.41) is 2.33. The van der Waals surface area contributed by atoms with E-state index in [0.717, 1.165) is 12.1 Å². The first-order valence-corrected chi connectivity index (χ1v) is 8.09. The number of nitrogens with one attached hydrogen (secondary N) is 1. The van der Waals surface area contributed by atoms with Crippen LogP contribution in [0.4, 0.5) is 29.6 Å². The van der Waals surface area contributed by atoms with Gasteiger partial charge in [-0.3, -0.25) is 5.32 Å². The number of hydrogen-bond donors (Lipinski definition) is 2. The molecule has 0 saturated heterocycles. The molecule has 6 nitrogen and oxygen atoms in total. The van der Waals surface area contributed by atoms with Crippen LogP contribution >= 0.6 is 0 Å². The van der Waals surface area contributed by atoms with Crippen molar-refractivity contribution in [3.8, 4) is 11.3 Å². The minimum absolute atomic E-state index is 0.0489. The molecule has 0 bridgehead atoms. The average Bonchev–Trinajstić information content (AvgIpc) is 2.47. The number of aryl methyl sites for hydroxylation is 1. The maximum atomic E-state index is 13.3. The highest BCUT2D eigenvalue weighted by Gasteiger charge is 2.32. The number of nitrogen functional groups attached to an aromatic ring is 1. The number of nitrogens with two attached hydrogens (primary N) is 1. The number of halogens is 3. The molecule has 0 saturated carbocycles. The molecule has 27 heavy (non-hydrogen) atoms. The number of carbonyl (C=O) groups excluding carboxylic acids is 1. The van der Waals surface area contributed by atoms with E-state index in [1.54, 1.807) is 34.6 Å². The molecule has 0 atom stereocenters. The fraction of sp³-hybridized carbons (Fsp3) is 0.389. The second kappa shape index (κ2) is 7.05. The van der Waals surface area contributed by atoms with Gasteiger partial charge in [-0.1, -0.05) is 0 Å². The number of anilines is 2. The topological polar surface area (TPSA) is 90.1 Å². The smallest absolute Gasteiger partial charge is 0.416 e. The van der Waals surface area contributed by atoms with E-state index in [9.17, 15) is 18.0 Å². The van der Waals surface area contributed by atoms with Crippen LogP contribution in [-0.2, 0) is 10.9 Å². The van der Waals surface area contributed by atoms with Crippen molar-refractivity contribution in [2.75, 3.05) is 11.1 Å². The molecular weight excluding hydrogens is 361 g/mol. The molecule has 3 N–H and O–H groups in total. The van der Waals surface area contributed by atoms with Crippen LogP contribution in [0.2, 0.25) is 0 Å². The van der Waals surface area contributed by atoms with Crippen molar-refractivity contribution in [2.24, 2.45) is 0 Å². The minimum atomic E-state index is -4.61. The second-order valence-electron chi connectivity index (χ2n) is 7.06. The van der Waals surface area contributed by atoms with Crippen molar-refractivity contribution in [3.63, 3.8) is 0 Å². The van der Waals surface area contributed by atoms with Crippen LogP contribution in [0.1, 0.15) is 37.6 Å². The van der Waals surface area contributed by atoms with E-state index in [1.807, 2.05) is 0 Å². The third kappa shape index (κ3) is 5.32. The number of alkyl halides is 3. The maximum Gasteiger partial charge on any atom is 0.416 e. The molecule has 0 spiro atoms. The molecule has 0 unspecified atom stereocenters. The monoisotopic (exact) mass is 382 g/mol. The Balaban J connectivity index is 2.55. The molecule has 9 heteroatoms. The van der Waals surface area contributed by atoms with Crippen molar-refractivity contribution in [2.45, 2.75) is 46.4 Å². The summed E-state index contributed by atoms with van der Waals surface area (Å²) in [7, 11) is 0. The number of hydrogen-bond acceptors (Lipinski definition) is 5. The Kier molecular flexibility index (Phi) is 5.35. The Labute approximate surface area is 155 Å². The summed E-state index contributed by atoms with van der Waals surface area (Å²) < 4.78 is 45.1. The number of amides is 1. The number of carbonyl (C=O) groups is 1. The van der Waals surface area contributed by atoms with Crippen LogP contribution in [-0.4, -0.2) is 21.7 Å². The van der Waals surface area contributed by atoms with E-state index in [2.05, 4.69) is 15.3 Å². The van der Waals surface area contributed by atoms with E-state index in [1.165, 1.54) is 6.07 Å². The van der Waals surface area contributed by atoms with Crippen molar-refractivity contribution in [1.82, 2.24) is 9.97 Å². The number of aromatic nitrogens is 2. The quantitative estimate of drug-likeness (QED) is 0.785. The van der Waals surface area contributed by atoms with Gasteiger partial charge in [-0.15, -0.1) is 0 Å². The number of ether oxygens (including phenoxy) is 1. The van der Waals surface area contributed by atoms with Crippen LogP contribution in [0.3, 0.4) is 0 Å². The number of benzene rings is 1. The summed E-state index contributed by atoms with van der Waals surface area (Å²) in [4.78, 5) is 20.0. The molecule has 0 radical (unpaired) electrons. The van der Waals surface area contributed by atoms with Crippen molar-refractivity contribution < 1.29 is 22.7 Å². The van der Waals surface area contributed by atoms with Gasteiger partial charge >= 0.3 is 12.3 Å². The summed E-state index contributed by atoms with van der Waals surface area (Å²) in [6, 6.07) is 3.17. The largest absolute Gasteiger partial charge is 0.444 e. The van der Waals surface area contributed by atoms with E-state index in [4.69, 9.17) is 10.5 Å². The molecule has 0 aliphatic carbocycles. The zero-order chi connectivity index (χ0) is 20.6. The van der Waals surface area contributed by atoms with Crippen LogP contribution in [0, 0.1) is 13.8 Å². The molecule has 0 aliphatic rings. The van der Waals surface area contributed by atoms with Crippen LogP contribution in [0.5, 0.6) is 0 Å². The van der Waals surface area contributed by atoms with Gasteiger partial charge in [0.25, 0.3) is 0 Å². The first kappa shape index (κ1) is 20.5. The van der Waals surface area contributed by atoms with Crippen LogP contribution in [0.15, 0.2) is 18.2 Å². The van der Waals surface area contributed by atoms with Gasteiger partial charge in [0.05, 0.1) is 11.3 Å². The molecule has 2 rings (SSSR count). The third-order valence-corrected chi connectivity index (χ3v) is 3.59. The van der Waals surface area contributed by atoms with Crippen molar-refractivity contribution >= 4 is 17.7 Å². The maximum absolute atomic E-state index is 13.3. The Morgan fingerprint density at radius 1 is 1.11 bits per heavy atom. The average molecular weight is 382 g/mol. The first-order valence-electron chi connectivity index (χ1n) is 8.09. The normalized spacial score (nSPS) is 12.0. The van der Waals surface area contributed by atoms with Crippen molar-refractivity contribution in [3.05, 3.63) is 35.0 Å². The first-order chi connectivity index (χ1) is 12.3. The standard InChI is InChI=1S/C18H21F3N4O2/c1-9-10(2)23-15(22)25-14(9)11-6-12(18(19,20)21)8-13(7-11)24-16(26)27-17(3,4)5/h6-8H,1-5H3,(H,24,26)(H2,22,23,25). The zero-order valence-electron chi connectivity index (χ0n) is 15.7. The fourth-order valence-electron chi connectivity index (χ4n) is 2.35. The lowest BCUT2D eigenvalue weighted by molar-refractivity contribution is -0.137. The molecular formula is C18H21F3N4O2. The zero-order valence-corrected chi connectivity index (χ0v) is 15.7. The summed E-state index contributed by atoms with van der Waals surface area (Å²) in [5.74, 6) is -0.0489. The molecule has 0 fully saturated rings. The van der Waals surface area contributed by atoms with Gasteiger partial charge in [-0.25, -0.2) is 14.8 Å². The molecule has 1 heterocycles. The summed E-state index contributed by atoms with van der Waals surface area (Å²) in [6.45, 7) is 8.33. The lowest BCUT2D eigenvalue weighted by Gasteiger charge is -2.20. The molecule has 2 aromatic rings. The Hall–Kier alpha value is -2.84. The molecule has 1 aromatic carbocycles. The summed E-state index contributed by atoms with van der Waals surface area (Å²) in [5.41, 5.74) is 5.42. The van der Waals surface area contributed by atoms with Gasteiger partial charge < -0.3 is 10.5 Å².